The Labute approximate surface area is 219 Å². The number of hydrogen-bond donors (Lipinski definition) is 3. The maximum atomic E-state index is 11.7. The van der Waals surface area contributed by atoms with Crippen LogP contribution in [0.1, 0.15) is 29.3 Å². The van der Waals surface area contributed by atoms with Crippen molar-refractivity contribution in [3.05, 3.63) is 95.2 Å². The molecule has 8 nitrogen and oxygen atoms in total. The Morgan fingerprint density at radius 2 is 1.70 bits per heavy atom. The smallest absolute Gasteiger partial charge is 0.238 e. The summed E-state index contributed by atoms with van der Waals surface area (Å²) in [6.07, 6.45) is 1.59. The molecule has 0 amide bonds. The second-order valence-electron chi connectivity index (χ2n) is 8.68. The highest BCUT2D eigenvalue weighted by Crippen LogP contribution is 2.30. The SMILES string of the molecule is CCc1ccc2nc(Nc3cc(Cc4ccccc4)nc(Nc4ccc(S(N)(=O)=O)cc4C)n3)sc2c1. The monoisotopic (exact) mass is 530 g/mol. The zero-order valence-electron chi connectivity index (χ0n) is 20.4. The molecule has 0 aliphatic rings. The van der Waals surface area contributed by atoms with Crippen molar-refractivity contribution in [2.24, 2.45) is 5.14 Å². The van der Waals surface area contributed by atoms with Gasteiger partial charge in [-0.15, -0.1) is 0 Å². The van der Waals surface area contributed by atoms with Crippen LogP contribution in [0.4, 0.5) is 22.6 Å². The predicted molar refractivity (Wildman–Crippen MR) is 149 cm³/mol. The van der Waals surface area contributed by atoms with Crippen LogP contribution in [0.25, 0.3) is 10.2 Å². The highest BCUT2D eigenvalue weighted by Gasteiger charge is 2.13. The quantitative estimate of drug-likeness (QED) is 0.236. The Kier molecular flexibility index (Phi) is 6.88. The summed E-state index contributed by atoms with van der Waals surface area (Å²) in [5.74, 6) is 0.994. The Hall–Kier alpha value is -3.86. The van der Waals surface area contributed by atoms with Crippen molar-refractivity contribution in [3.8, 4) is 0 Å². The van der Waals surface area contributed by atoms with E-state index < -0.39 is 10.0 Å². The van der Waals surface area contributed by atoms with Crippen molar-refractivity contribution in [2.75, 3.05) is 10.6 Å². The summed E-state index contributed by atoms with van der Waals surface area (Å²) in [4.78, 5) is 14.2. The van der Waals surface area contributed by atoms with Crippen molar-refractivity contribution in [2.45, 2.75) is 31.6 Å². The van der Waals surface area contributed by atoms with Gasteiger partial charge in [-0.05, 0) is 60.4 Å². The number of nitrogens with zero attached hydrogens (tertiary/aromatic N) is 3. The molecule has 5 aromatic rings. The van der Waals surface area contributed by atoms with E-state index in [1.165, 1.54) is 17.7 Å². The van der Waals surface area contributed by atoms with Gasteiger partial charge in [0.1, 0.15) is 5.82 Å². The average molecular weight is 531 g/mol. The van der Waals surface area contributed by atoms with Crippen molar-refractivity contribution in [1.29, 1.82) is 0 Å². The van der Waals surface area contributed by atoms with Crippen molar-refractivity contribution in [1.82, 2.24) is 15.0 Å². The Morgan fingerprint density at radius 3 is 2.43 bits per heavy atom. The molecule has 0 fully saturated rings. The largest absolute Gasteiger partial charge is 0.324 e. The molecule has 188 valence electrons. The maximum absolute atomic E-state index is 11.7. The lowest BCUT2D eigenvalue weighted by molar-refractivity contribution is 0.597. The number of aryl methyl sites for hydroxylation is 2. The third-order valence-corrected chi connectivity index (χ3v) is 7.72. The maximum Gasteiger partial charge on any atom is 0.238 e. The van der Waals surface area contributed by atoms with Crippen LogP contribution >= 0.6 is 11.3 Å². The van der Waals surface area contributed by atoms with E-state index in [4.69, 9.17) is 15.1 Å². The molecular weight excluding hydrogens is 504 g/mol. The Bertz CT molecular complexity index is 1680. The summed E-state index contributed by atoms with van der Waals surface area (Å²) >= 11 is 1.58. The third kappa shape index (κ3) is 5.93. The van der Waals surface area contributed by atoms with Crippen LogP contribution in [-0.4, -0.2) is 23.4 Å². The van der Waals surface area contributed by atoms with Gasteiger partial charge >= 0.3 is 0 Å². The van der Waals surface area contributed by atoms with Crippen LogP contribution in [-0.2, 0) is 22.9 Å². The molecule has 0 bridgehead atoms. The molecular formula is C27H26N6O2S2. The molecule has 5 rings (SSSR count). The summed E-state index contributed by atoms with van der Waals surface area (Å²) in [5.41, 5.74) is 5.54. The number of fused-ring (bicyclic) bond motifs is 1. The van der Waals surface area contributed by atoms with E-state index in [0.29, 0.717) is 29.4 Å². The summed E-state index contributed by atoms with van der Waals surface area (Å²) in [6.45, 7) is 3.94. The molecule has 2 aromatic heterocycles. The number of sulfonamides is 1. The number of anilines is 4. The number of thiazole rings is 1. The van der Waals surface area contributed by atoms with E-state index >= 15 is 0 Å². The van der Waals surface area contributed by atoms with Gasteiger partial charge in [-0.1, -0.05) is 54.7 Å². The normalized spacial score (nSPS) is 11.5. The lowest BCUT2D eigenvalue weighted by Crippen LogP contribution is -2.12. The number of rotatable bonds is 8. The van der Waals surface area contributed by atoms with Crippen LogP contribution in [0.5, 0.6) is 0 Å². The molecule has 0 radical (unpaired) electrons. The highest BCUT2D eigenvalue weighted by molar-refractivity contribution is 7.89. The zero-order chi connectivity index (χ0) is 26.0. The summed E-state index contributed by atoms with van der Waals surface area (Å²) < 4.78 is 24.5. The highest BCUT2D eigenvalue weighted by atomic mass is 32.2. The summed E-state index contributed by atoms with van der Waals surface area (Å²) in [6, 6.07) is 22.9. The van der Waals surface area contributed by atoms with Gasteiger partial charge in [0, 0.05) is 18.2 Å². The van der Waals surface area contributed by atoms with Crippen LogP contribution in [0, 0.1) is 6.92 Å². The number of benzene rings is 3. The minimum atomic E-state index is -3.79. The molecule has 0 atom stereocenters. The standard InChI is InChI=1S/C27H26N6O2S2/c1-3-18-9-11-23-24(15-18)36-27(31-23)33-25-16-20(14-19-7-5-4-6-8-19)29-26(32-25)30-22-12-10-21(13-17(22)2)37(28,34)35/h4-13,15-16H,3,14H2,1-2H3,(H2,28,34,35)(H2,29,30,31,32,33). The lowest BCUT2D eigenvalue weighted by Gasteiger charge is -2.12. The zero-order valence-corrected chi connectivity index (χ0v) is 22.0. The van der Waals surface area contributed by atoms with Crippen molar-refractivity contribution < 1.29 is 8.42 Å². The number of nitrogens with two attached hydrogens (primary N) is 1. The molecule has 10 heteroatoms. The first-order valence-corrected chi connectivity index (χ1v) is 14.1. The van der Waals surface area contributed by atoms with E-state index in [1.54, 1.807) is 24.3 Å². The second-order valence-corrected chi connectivity index (χ2v) is 11.3. The van der Waals surface area contributed by atoms with Crippen LogP contribution in [0.2, 0.25) is 0 Å². The van der Waals surface area contributed by atoms with Gasteiger partial charge in [0.05, 0.1) is 20.8 Å². The van der Waals surface area contributed by atoms with Gasteiger partial charge in [0.2, 0.25) is 16.0 Å². The van der Waals surface area contributed by atoms with E-state index in [2.05, 4.69) is 46.8 Å². The van der Waals surface area contributed by atoms with Gasteiger partial charge in [-0.2, -0.15) is 4.98 Å². The van der Waals surface area contributed by atoms with Gasteiger partial charge in [0.25, 0.3) is 0 Å². The summed E-state index contributed by atoms with van der Waals surface area (Å²) in [7, 11) is -3.79. The fourth-order valence-corrected chi connectivity index (χ4v) is 5.47. The average Bonchev–Trinajstić information content (AvgIpc) is 3.26. The van der Waals surface area contributed by atoms with Crippen LogP contribution < -0.4 is 15.8 Å². The van der Waals surface area contributed by atoms with E-state index in [0.717, 1.165) is 33.0 Å². The first kappa shape index (κ1) is 24.8. The fourth-order valence-electron chi connectivity index (χ4n) is 3.94. The molecule has 0 aliphatic carbocycles. The number of nitrogens with one attached hydrogen (secondary N) is 2. The molecule has 0 saturated carbocycles. The van der Waals surface area contributed by atoms with E-state index in [9.17, 15) is 8.42 Å². The molecule has 37 heavy (non-hydrogen) atoms. The molecule has 4 N–H and O–H groups in total. The number of aromatic nitrogens is 3. The first-order chi connectivity index (χ1) is 17.8. The first-order valence-electron chi connectivity index (χ1n) is 11.8. The molecule has 2 heterocycles. The van der Waals surface area contributed by atoms with Crippen LogP contribution in [0.15, 0.2) is 77.7 Å². The summed E-state index contributed by atoms with van der Waals surface area (Å²) in [5, 5.41) is 12.6. The number of hydrogen-bond acceptors (Lipinski definition) is 8. The van der Waals surface area contributed by atoms with Gasteiger partial charge < -0.3 is 10.6 Å². The third-order valence-electron chi connectivity index (χ3n) is 5.88. The Morgan fingerprint density at radius 1 is 0.892 bits per heavy atom. The minimum Gasteiger partial charge on any atom is -0.324 e. The molecule has 0 saturated heterocycles. The molecule has 0 aliphatic heterocycles. The molecule has 0 spiro atoms. The molecule has 0 unspecified atom stereocenters. The van der Waals surface area contributed by atoms with Crippen molar-refractivity contribution in [3.63, 3.8) is 0 Å². The second kappa shape index (κ2) is 10.3. The lowest BCUT2D eigenvalue weighted by atomic mass is 10.1. The van der Waals surface area contributed by atoms with E-state index in [-0.39, 0.29) is 4.90 Å². The van der Waals surface area contributed by atoms with Gasteiger partial charge in [-0.25, -0.2) is 23.5 Å². The Balaban J connectivity index is 1.48. The van der Waals surface area contributed by atoms with Crippen LogP contribution in [0.3, 0.4) is 0 Å². The number of primary sulfonamides is 1. The van der Waals surface area contributed by atoms with Gasteiger partial charge in [-0.3, -0.25) is 0 Å². The van der Waals surface area contributed by atoms with Gasteiger partial charge in [0.15, 0.2) is 5.13 Å². The van der Waals surface area contributed by atoms with Crippen molar-refractivity contribution >= 4 is 54.2 Å². The predicted octanol–water partition coefficient (Wildman–Crippen LogP) is 5.68. The fraction of sp³-hybridized carbons (Fsp3) is 0.148. The topological polar surface area (TPSA) is 123 Å². The van der Waals surface area contributed by atoms with E-state index in [1.807, 2.05) is 30.3 Å². The molecule has 3 aromatic carbocycles. The minimum absolute atomic E-state index is 0.0544.